The number of piperidine rings is 1. The van der Waals surface area contributed by atoms with Crippen molar-refractivity contribution in [1.82, 2.24) is 9.62 Å². The monoisotopic (exact) mass is 441 g/mol. The summed E-state index contributed by atoms with van der Waals surface area (Å²) in [5.41, 5.74) is 2.73. The molecule has 0 radical (unpaired) electrons. The molecule has 2 aromatic rings. The van der Waals surface area contributed by atoms with Gasteiger partial charge in [-0.05, 0) is 81.0 Å². The fourth-order valence-corrected chi connectivity index (χ4v) is 5.86. The number of nitrogens with zero attached hydrogens (tertiary/aromatic N) is 2. The van der Waals surface area contributed by atoms with Crippen molar-refractivity contribution in [2.24, 2.45) is 0 Å². The Kier molecular flexibility index (Phi) is 6.62. The van der Waals surface area contributed by atoms with Crippen LogP contribution in [0.1, 0.15) is 61.0 Å². The topological polar surface area (TPSA) is 69.7 Å². The molecule has 0 bridgehead atoms. The lowest BCUT2D eigenvalue weighted by Crippen LogP contribution is -2.29. The van der Waals surface area contributed by atoms with Crippen molar-refractivity contribution in [3.8, 4) is 0 Å². The first-order valence-electron chi connectivity index (χ1n) is 11.2. The van der Waals surface area contributed by atoms with Crippen LogP contribution in [0.4, 0.5) is 5.69 Å². The van der Waals surface area contributed by atoms with Gasteiger partial charge in [0.15, 0.2) is 0 Å². The Bertz CT molecular complexity index is 991. The van der Waals surface area contributed by atoms with E-state index in [0.717, 1.165) is 31.5 Å². The van der Waals surface area contributed by atoms with Gasteiger partial charge in [-0.3, -0.25) is 4.79 Å². The third-order valence-electron chi connectivity index (χ3n) is 6.28. The van der Waals surface area contributed by atoms with Crippen molar-refractivity contribution >= 4 is 21.6 Å². The van der Waals surface area contributed by atoms with Crippen LogP contribution in [0.25, 0.3) is 0 Å². The molecule has 2 saturated heterocycles. The predicted molar refractivity (Wildman–Crippen MR) is 123 cm³/mol. The highest BCUT2D eigenvalue weighted by atomic mass is 32.2. The van der Waals surface area contributed by atoms with Gasteiger partial charge in [-0.15, -0.1) is 0 Å². The predicted octanol–water partition coefficient (Wildman–Crippen LogP) is 3.95. The third kappa shape index (κ3) is 4.93. The van der Waals surface area contributed by atoms with Gasteiger partial charge in [-0.2, -0.15) is 4.31 Å². The zero-order chi connectivity index (χ0) is 21.8. The van der Waals surface area contributed by atoms with Crippen LogP contribution in [-0.4, -0.2) is 44.8 Å². The summed E-state index contributed by atoms with van der Waals surface area (Å²) >= 11 is 0. The Hall–Kier alpha value is -2.38. The maximum Gasteiger partial charge on any atom is 0.251 e. The minimum absolute atomic E-state index is 0.143. The van der Waals surface area contributed by atoms with Crippen LogP contribution in [0, 0.1) is 0 Å². The van der Waals surface area contributed by atoms with Crippen molar-refractivity contribution in [2.45, 2.75) is 50.0 Å². The van der Waals surface area contributed by atoms with Gasteiger partial charge in [-0.1, -0.05) is 12.1 Å². The summed E-state index contributed by atoms with van der Waals surface area (Å²) in [6.07, 6.45) is 5.59. The minimum atomic E-state index is -3.46. The van der Waals surface area contributed by atoms with Crippen LogP contribution in [0.3, 0.4) is 0 Å². The fraction of sp³-hybridized carbons (Fsp3) is 0.458. The number of rotatable bonds is 6. The Morgan fingerprint density at radius 2 is 1.42 bits per heavy atom. The van der Waals surface area contributed by atoms with Crippen LogP contribution in [0.2, 0.25) is 0 Å². The van der Waals surface area contributed by atoms with Gasteiger partial charge in [0.2, 0.25) is 10.0 Å². The van der Waals surface area contributed by atoms with Gasteiger partial charge in [0.1, 0.15) is 0 Å². The molecule has 2 aliphatic rings. The first-order valence-corrected chi connectivity index (χ1v) is 12.7. The molecule has 1 amide bonds. The Morgan fingerprint density at radius 1 is 0.839 bits per heavy atom. The molecular weight excluding hydrogens is 410 g/mol. The molecule has 31 heavy (non-hydrogen) atoms. The van der Waals surface area contributed by atoms with Gasteiger partial charge < -0.3 is 10.2 Å². The zero-order valence-electron chi connectivity index (χ0n) is 18.1. The van der Waals surface area contributed by atoms with E-state index in [9.17, 15) is 13.2 Å². The molecule has 0 saturated carbocycles. The maximum atomic E-state index is 12.7. The summed E-state index contributed by atoms with van der Waals surface area (Å²) in [6.45, 7) is 5.31. The van der Waals surface area contributed by atoms with E-state index in [1.165, 1.54) is 41.4 Å². The van der Waals surface area contributed by atoms with Gasteiger partial charge in [0, 0.05) is 37.4 Å². The smallest absolute Gasteiger partial charge is 0.251 e. The van der Waals surface area contributed by atoms with Crippen LogP contribution in [0.15, 0.2) is 53.4 Å². The summed E-state index contributed by atoms with van der Waals surface area (Å²) < 4.78 is 26.8. The Balaban J connectivity index is 1.38. The minimum Gasteiger partial charge on any atom is -0.372 e. The molecule has 2 aromatic carbocycles. The highest BCUT2D eigenvalue weighted by molar-refractivity contribution is 7.89. The molecule has 2 heterocycles. The normalized spacial score (nSPS) is 18.7. The lowest BCUT2D eigenvalue weighted by atomic mass is 10.1. The van der Waals surface area contributed by atoms with E-state index in [0.29, 0.717) is 18.7 Å². The highest BCUT2D eigenvalue weighted by Crippen LogP contribution is 2.24. The van der Waals surface area contributed by atoms with Gasteiger partial charge >= 0.3 is 0 Å². The summed E-state index contributed by atoms with van der Waals surface area (Å²) in [7, 11) is -3.46. The van der Waals surface area contributed by atoms with Crippen molar-refractivity contribution in [3.05, 3.63) is 59.7 Å². The molecule has 1 atom stereocenters. The second-order valence-electron chi connectivity index (χ2n) is 8.47. The second kappa shape index (κ2) is 9.40. The number of nitrogens with one attached hydrogen (secondary N) is 1. The van der Waals surface area contributed by atoms with E-state index < -0.39 is 10.0 Å². The Morgan fingerprint density at radius 3 is 2.03 bits per heavy atom. The van der Waals surface area contributed by atoms with Crippen molar-refractivity contribution in [3.63, 3.8) is 0 Å². The molecule has 166 valence electrons. The molecule has 0 spiro atoms. The van der Waals surface area contributed by atoms with E-state index in [-0.39, 0.29) is 16.8 Å². The molecule has 4 rings (SSSR count). The number of amides is 1. The maximum absolute atomic E-state index is 12.7. The first-order chi connectivity index (χ1) is 14.9. The third-order valence-corrected chi connectivity index (χ3v) is 8.19. The van der Waals surface area contributed by atoms with Gasteiger partial charge in [0.25, 0.3) is 5.91 Å². The number of carbonyl (C=O) groups excluding carboxylic acids is 1. The number of sulfonamides is 1. The van der Waals surface area contributed by atoms with Crippen molar-refractivity contribution < 1.29 is 13.2 Å². The largest absolute Gasteiger partial charge is 0.372 e. The fourth-order valence-electron chi connectivity index (χ4n) is 4.35. The summed E-state index contributed by atoms with van der Waals surface area (Å²) in [4.78, 5) is 15.3. The molecule has 0 unspecified atom stereocenters. The molecule has 6 nitrogen and oxygen atoms in total. The molecule has 2 fully saturated rings. The number of benzene rings is 2. The van der Waals surface area contributed by atoms with E-state index in [1.807, 2.05) is 6.92 Å². The molecule has 0 aromatic heterocycles. The number of hydrogen-bond acceptors (Lipinski definition) is 4. The highest BCUT2D eigenvalue weighted by Gasteiger charge is 2.27. The summed E-state index contributed by atoms with van der Waals surface area (Å²) in [5.74, 6) is -0.210. The average molecular weight is 442 g/mol. The number of carbonyl (C=O) groups is 1. The Labute approximate surface area is 185 Å². The standard InChI is InChI=1S/C24H31N3O3S/c1-19(20-7-11-22(12-8-20)26-15-3-2-4-16-26)25-24(28)21-9-13-23(14-10-21)31(29,30)27-17-5-6-18-27/h7-14,19H,2-6,15-18H2,1H3,(H,25,28)/t19-/m1/s1. The molecule has 2 aliphatic heterocycles. The van der Waals surface area contributed by atoms with Crippen LogP contribution in [-0.2, 0) is 10.0 Å². The first kappa shape index (κ1) is 21.8. The van der Waals surface area contributed by atoms with Crippen molar-refractivity contribution in [2.75, 3.05) is 31.1 Å². The number of anilines is 1. The number of hydrogen-bond donors (Lipinski definition) is 1. The SMILES string of the molecule is C[C@@H](NC(=O)c1ccc(S(=O)(=O)N2CCCC2)cc1)c1ccc(N2CCCCC2)cc1. The molecule has 0 aliphatic carbocycles. The van der Waals surface area contributed by atoms with Gasteiger partial charge in [-0.25, -0.2) is 8.42 Å². The van der Waals surface area contributed by atoms with Crippen LogP contribution in [0.5, 0.6) is 0 Å². The quantitative estimate of drug-likeness (QED) is 0.737. The van der Waals surface area contributed by atoms with E-state index in [2.05, 4.69) is 34.5 Å². The average Bonchev–Trinajstić information content (AvgIpc) is 3.36. The summed E-state index contributed by atoms with van der Waals surface area (Å²) in [5, 5.41) is 3.01. The lowest BCUT2D eigenvalue weighted by Gasteiger charge is -2.29. The van der Waals surface area contributed by atoms with Crippen LogP contribution >= 0.6 is 0 Å². The molecular formula is C24H31N3O3S. The van der Waals surface area contributed by atoms with Gasteiger partial charge in [0.05, 0.1) is 10.9 Å². The summed E-state index contributed by atoms with van der Waals surface area (Å²) in [6, 6.07) is 14.5. The van der Waals surface area contributed by atoms with E-state index >= 15 is 0 Å². The second-order valence-corrected chi connectivity index (χ2v) is 10.4. The lowest BCUT2D eigenvalue weighted by molar-refractivity contribution is 0.0940. The molecule has 7 heteroatoms. The van der Waals surface area contributed by atoms with Crippen molar-refractivity contribution in [1.29, 1.82) is 0 Å². The molecule has 1 N–H and O–H groups in total. The van der Waals surface area contributed by atoms with E-state index in [4.69, 9.17) is 0 Å². The van der Waals surface area contributed by atoms with E-state index in [1.54, 1.807) is 12.1 Å². The zero-order valence-corrected chi connectivity index (χ0v) is 18.9. The van der Waals surface area contributed by atoms with Crippen LogP contribution < -0.4 is 10.2 Å².